The van der Waals surface area contributed by atoms with Crippen molar-refractivity contribution in [2.45, 2.75) is 46.1 Å². The third-order valence-corrected chi connectivity index (χ3v) is 3.56. The molecule has 1 atom stereocenters. The summed E-state index contributed by atoms with van der Waals surface area (Å²) in [7, 11) is 1.52. The Labute approximate surface area is 138 Å². The van der Waals surface area contributed by atoms with E-state index >= 15 is 0 Å². The van der Waals surface area contributed by atoms with Gasteiger partial charge in [0.15, 0.2) is 0 Å². The standard InChI is InChI=1S/C18H26N2O3/c1-6-9-23-15-7-8-16(14(10-15)12-19)20-17(21)18(4,22-5)11-13(2)3/h7-8,10,13H,6,9,11H2,1-5H3,(H,20,21)/t18-/m1/s1. The van der Waals surface area contributed by atoms with Crippen LogP contribution in [0.5, 0.6) is 5.75 Å². The summed E-state index contributed by atoms with van der Waals surface area (Å²) in [5.74, 6) is 0.677. The molecule has 0 unspecified atom stereocenters. The number of rotatable bonds is 8. The molecule has 126 valence electrons. The first kappa shape index (κ1) is 19.0. The SMILES string of the molecule is CCCOc1ccc(NC(=O)[C@@](C)(CC(C)C)OC)c(C#N)c1. The maximum absolute atomic E-state index is 12.5. The second kappa shape index (κ2) is 8.54. The fourth-order valence-electron chi connectivity index (χ4n) is 2.34. The monoisotopic (exact) mass is 318 g/mol. The average molecular weight is 318 g/mol. The Balaban J connectivity index is 2.95. The lowest BCUT2D eigenvalue weighted by molar-refractivity contribution is -0.137. The van der Waals surface area contributed by atoms with E-state index in [1.54, 1.807) is 25.1 Å². The van der Waals surface area contributed by atoms with Gasteiger partial charge < -0.3 is 14.8 Å². The average Bonchev–Trinajstić information content (AvgIpc) is 2.52. The van der Waals surface area contributed by atoms with Gasteiger partial charge in [-0.05, 0) is 43.9 Å². The minimum Gasteiger partial charge on any atom is -0.494 e. The van der Waals surface area contributed by atoms with Crippen LogP contribution >= 0.6 is 0 Å². The van der Waals surface area contributed by atoms with E-state index in [-0.39, 0.29) is 5.91 Å². The lowest BCUT2D eigenvalue weighted by Crippen LogP contribution is -2.43. The molecular weight excluding hydrogens is 292 g/mol. The predicted molar refractivity (Wildman–Crippen MR) is 90.4 cm³/mol. The fourth-order valence-corrected chi connectivity index (χ4v) is 2.34. The van der Waals surface area contributed by atoms with Gasteiger partial charge in [0.1, 0.15) is 17.4 Å². The smallest absolute Gasteiger partial charge is 0.256 e. The molecule has 0 spiro atoms. The van der Waals surface area contributed by atoms with Gasteiger partial charge in [0.2, 0.25) is 0 Å². The molecule has 1 N–H and O–H groups in total. The number of carbonyl (C=O) groups excluding carboxylic acids is 1. The molecule has 1 amide bonds. The molecule has 1 aromatic rings. The van der Waals surface area contributed by atoms with Crippen molar-refractivity contribution >= 4 is 11.6 Å². The Morgan fingerprint density at radius 2 is 2.13 bits per heavy atom. The number of methoxy groups -OCH3 is 1. The van der Waals surface area contributed by atoms with Crippen molar-refractivity contribution in [3.8, 4) is 11.8 Å². The Bertz CT molecular complexity index is 578. The first-order chi connectivity index (χ1) is 10.9. The van der Waals surface area contributed by atoms with Crippen molar-refractivity contribution in [2.75, 3.05) is 19.0 Å². The van der Waals surface area contributed by atoms with E-state index in [0.29, 0.717) is 35.9 Å². The molecule has 1 aromatic carbocycles. The number of nitrogens with one attached hydrogen (secondary N) is 1. The summed E-state index contributed by atoms with van der Waals surface area (Å²) in [6, 6.07) is 7.17. The van der Waals surface area contributed by atoms with Crippen LogP contribution in [0.25, 0.3) is 0 Å². The van der Waals surface area contributed by atoms with Crippen molar-refractivity contribution in [3.05, 3.63) is 23.8 Å². The highest BCUT2D eigenvalue weighted by Crippen LogP contribution is 2.26. The predicted octanol–water partition coefficient (Wildman–Crippen LogP) is 3.74. The highest BCUT2D eigenvalue weighted by atomic mass is 16.5. The fraction of sp³-hybridized carbons (Fsp3) is 0.556. The number of nitrogens with zero attached hydrogens (tertiary/aromatic N) is 1. The summed E-state index contributed by atoms with van der Waals surface area (Å²) >= 11 is 0. The van der Waals surface area contributed by atoms with E-state index in [1.165, 1.54) is 7.11 Å². The van der Waals surface area contributed by atoms with Crippen LogP contribution in [0.3, 0.4) is 0 Å². The van der Waals surface area contributed by atoms with Crippen LogP contribution in [-0.2, 0) is 9.53 Å². The van der Waals surface area contributed by atoms with Crippen LogP contribution in [0.15, 0.2) is 18.2 Å². The number of hydrogen-bond donors (Lipinski definition) is 1. The summed E-state index contributed by atoms with van der Waals surface area (Å²) in [6.07, 6.45) is 1.48. The lowest BCUT2D eigenvalue weighted by atomic mass is 9.93. The minimum atomic E-state index is -0.932. The van der Waals surface area contributed by atoms with Gasteiger partial charge in [-0.3, -0.25) is 4.79 Å². The van der Waals surface area contributed by atoms with Gasteiger partial charge in [-0.1, -0.05) is 20.8 Å². The van der Waals surface area contributed by atoms with Crippen LogP contribution in [0, 0.1) is 17.2 Å². The topological polar surface area (TPSA) is 71.3 Å². The van der Waals surface area contributed by atoms with E-state index < -0.39 is 5.60 Å². The van der Waals surface area contributed by atoms with Crippen molar-refractivity contribution in [1.82, 2.24) is 0 Å². The molecular formula is C18H26N2O3. The lowest BCUT2D eigenvalue weighted by Gasteiger charge is -2.28. The maximum Gasteiger partial charge on any atom is 0.256 e. The van der Waals surface area contributed by atoms with E-state index in [0.717, 1.165) is 6.42 Å². The summed E-state index contributed by atoms with van der Waals surface area (Å²) in [6.45, 7) is 8.43. The number of amides is 1. The third-order valence-electron chi connectivity index (χ3n) is 3.56. The summed E-state index contributed by atoms with van der Waals surface area (Å²) in [5.41, 5.74) is -0.0958. The largest absolute Gasteiger partial charge is 0.494 e. The zero-order valence-corrected chi connectivity index (χ0v) is 14.6. The van der Waals surface area contributed by atoms with E-state index in [1.807, 2.05) is 20.8 Å². The van der Waals surface area contributed by atoms with Crippen LogP contribution in [0.1, 0.15) is 46.1 Å². The van der Waals surface area contributed by atoms with Gasteiger partial charge in [0, 0.05) is 7.11 Å². The van der Waals surface area contributed by atoms with E-state index in [4.69, 9.17) is 9.47 Å². The molecule has 0 heterocycles. The Hall–Kier alpha value is -2.06. The molecule has 0 aliphatic rings. The quantitative estimate of drug-likeness (QED) is 0.792. The van der Waals surface area contributed by atoms with Crippen LogP contribution in [0.4, 0.5) is 5.69 Å². The molecule has 0 aromatic heterocycles. The Morgan fingerprint density at radius 1 is 1.43 bits per heavy atom. The number of carbonyl (C=O) groups is 1. The van der Waals surface area contributed by atoms with Gasteiger partial charge in [0.05, 0.1) is 17.9 Å². The van der Waals surface area contributed by atoms with Gasteiger partial charge in [-0.25, -0.2) is 0 Å². The molecule has 0 fully saturated rings. The van der Waals surface area contributed by atoms with E-state index in [2.05, 4.69) is 11.4 Å². The highest BCUT2D eigenvalue weighted by molar-refractivity contribution is 5.98. The van der Waals surface area contributed by atoms with Crippen LogP contribution < -0.4 is 10.1 Å². The van der Waals surface area contributed by atoms with Gasteiger partial charge in [-0.2, -0.15) is 5.26 Å². The molecule has 1 rings (SSSR count). The first-order valence-electron chi connectivity index (χ1n) is 7.89. The molecule has 0 saturated carbocycles. The molecule has 5 nitrogen and oxygen atoms in total. The van der Waals surface area contributed by atoms with Gasteiger partial charge >= 0.3 is 0 Å². The van der Waals surface area contributed by atoms with Crippen LogP contribution in [0.2, 0.25) is 0 Å². The number of nitriles is 1. The minimum absolute atomic E-state index is 0.257. The number of hydrogen-bond acceptors (Lipinski definition) is 4. The summed E-state index contributed by atoms with van der Waals surface area (Å²) in [5, 5.41) is 12.1. The first-order valence-corrected chi connectivity index (χ1v) is 7.89. The molecule has 0 radical (unpaired) electrons. The molecule has 5 heteroatoms. The second-order valence-corrected chi connectivity index (χ2v) is 6.15. The number of ether oxygens (including phenoxy) is 2. The van der Waals surface area contributed by atoms with E-state index in [9.17, 15) is 10.1 Å². The van der Waals surface area contributed by atoms with Gasteiger partial charge in [-0.15, -0.1) is 0 Å². The van der Waals surface area contributed by atoms with Crippen molar-refractivity contribution < 1.29 is 14.3 Å². The third kappa shape index (κ3) is 5.26. The van der Waals surface area contributed by atoms with Gasteiger partial charge in [0.25, 0.3) is 5.91 Å². The molecule has 23 heavy (non-hydrogen) atoms. The summed E-state index contributed by atoms with van der Waals surface area (Å²) in [4.78, 5) is 12.5. The zero-order valence-electron chi connectivity index (χ0n) is 14.6. The molecule has 0 saturated heterocycles. The molecule has 0 aliphatic heterocycles. The normalized spacial score (nSPS) is 13.3. The summed E-state index contributed by atoms with van der Waals surface area (Å²) < 4.78 is 10.9. The van der Waals surface area contributed by atoms with Crippen molar-refractivity contribution in [2.24, 2.45) is 5.92 Å². The second-order valence-electron chi connectivity index (χ2n) is 6.15. The number of anilines is 1. The highest BCUT2D eigenvalue weighted by Gasteiger charge is 2.34. The van der Waals surface area contributed by atoms with Crippen LogP contribution in [-0.4, -0.2) is 25.2 Å². The molecule has 0 aliphatic carbocycles. The number of benzene rings is 1. The van der Waals surface area contributed by atoms with Crippen molar-refractivity contribution in [3.63, 3.8) is 0 Å². The zero-order chi connectivity index (χ0) is 17.5. The maximum atomic E-state index is 12.5. The Morgan fingerprint density at radius 3 is 2.65 bits per heavy atom. The van der Waals surface area contributed by atoms with Crippen molar-refractivity contribution in [1.29, 1.82) is 5.26 Å². The molecule has 0 bridgehead atoms. The Kier molecular flexibility index (Phi) is 7.05.